The molecule has 16 heavy (non-hydrogen) atoms. The van der Waals surface area contributed by atoms with E-state index in [4.69, 9.17) is 4.74 Å². The zero-order valence-corrected chi connectivity index (χ0v) is 10.8. The second-order valence-electron chi connectivity index (χ2n) is 5.42. The molecule has 94 valence electrons. The number of nitrogens with one attached hydrogen (secondary N) is 1. The minimum Gasteiger partial charge on any atom is -0.381 e. The van der Waals surface area contributed by atoms with Crippen molar-refractivity contribution in [2.75, 3.05) is 39.4 Å². The molecule has 1 aliphatic heterocycles. The van der Waals surface area contributed by atoms with Gasteiger partial charge in [0, 0.05) is 31.2 Å². The van der Waals surface area contributed by atoms with Crippen molar-refractivity contribution in [2.24, 2.45) is 5.41 Å². The zero-order chi connectivity index (χ0) is 11.4. The molecule has 0 spiro atoms. The van der Waals surface area contributed by atoms with Crippen LogP contribution in [-0.4, -0.2) is 50.3 Å². The number of rotatable bonds is 7. The first-order valence-electron chi connectivity index (χ1n) is 6.81. The largest absolute Gasteiger partial charge is 0.381 e. The quantitative estimate of drug-likeness (QED) is 0.712. The van der Waals surface area contributed by atoms with E-state index in [1.807, 2.05) is 0 Å². The van der Waals surface area contributed by atoms with Crippen molar-refractivity contribution >= 4 is 0 Å². The van der Waals surface area contributed by atoms with Crippen LogP contribution in [-0.2, 0) is 4.74 Å². The highest BCUT2D eigenvalue weighted by Crippen LogP contribution is 2.30. The maximum absolute atomic E-state index is 5.64. The summed E-state index contributed by atoms with van der Waals surface area (Å²) in [6.45, 7) is 11.1. The molecule has 0 bridgehead atoms. The van der Waals surface area contributed by atoms with E-state index in [2.05, 4.69) is 24.1 Å². The predicted octanol–water partition coefficient (Wildman–Crippen LogP) is 1.49. The minimum absolute atomic E-state index is 0.384. The van der Waals surface area contributed by atoms with Crippen LogP contribution in [0.5, 0.6) is 0 Å². The van der Waals surface area contributed by atoms with E-state index in [1.54, 1.807) is 0 Å². The lowest BCUT2D eigenvalue weighted by Gasteiger charge is -2.33. The zero-order valence-electron chi connectivity index (χ0n) is 10.8. The molecule has 0 amide bonds. The van der Waals surface area contributed by atoms with Crippen LogP contribution in [0.3, 0.4) is 0 Å². The van der Waals surface area contributed by atoms with E-state index in [0.29, 0.717) is 5.41 Å². The summed E-state index contributed by atoms with van der Waals surface area (Å²) in [5.74, 6) is 0. The van der Waals surface area contributed by atoms with Crippen molar-refractivity contribution in [1.29, 1.82) is 0 Å². The van der Waals surface area contributed by atoms with E-state index in [0.717, 1.165) is 38.9 Å². The summed E-state index contributed by atoms with van der Waals surface area (Å²) in [4.78, 5) is 2.53. The molecule has 1 aliphatic carbocycles. The fourth-order valence-electron chi connectivity index (χ4n) is 2.54. The van der Waals surface area contributed by atoms with Gasteiger partial charge in [0.05, 0.1) is 6.61 Å². The van der Waals surface area contributed by atoms with Crippen molar-refractivity contribution in [3.63, 3.8) is 0 Å². The first kappa shape index (κ1) is 12.3. The predicted molar refractivity (Wildman–Crippen MR) is 66.7 cm³/mol. The van der Waals surface area contributed by atoms with Gasteiger partial charge in [0.1, 0.15) is 0 Å². The Morgan fingerprint density at radius 1 is 1.31 bits per heavy atom. The molecule has 2 rings (SSSR count). The summed E-state index contributed by atoms with van der Waals surface area (Å²) in [5.41, 5.74) is 0.384. The van der Waals surface area contributed by atoms with Crippen molar-refractivity contribution < 1.29 is 4.74 Å². The summed E-state index contributed by atoms with van der Waals surface area (Å²) in [5, 5.41) is 3.69. The van der Waals surface area contributed by atoms with Gasteiger partial charge in [0.2, 0.25) is 0 Å². The third-order valence-electron chi connectivity index (χ3n) is 3.98. The average molecular weight is 226 g/mol. The van der Waals surface area contributed by atoms with Crippen LogP contribution >= 0.6 is 0 Å². The third kappa shape index (κ3) is 3.19. The lowest BCUT2D eigenvalue weighted by atomic mass is 9.86. The van der Waals surface area contributed by atoms with Crippen molar-refractivity contribution in [2.45, 2.75) is 39.2 Å². The molecule has 0 aromatic rings. The molecule has 3 nitrogen and oxygen atoms in total. The Labute approximate surface area is 99.5 Å². The summed E-state index contributed by atoms with van der Waals surface area (Å²) < 4.78 is 5.64. The summed E-state index contributed by atoms with van der Waals surface area (Å²) in [7, 11) is 0. The highest BCUT2D eigenvalue weighted by atomic mass is 16.5. The number of ether oxygens (including phenoxy) is 1. The minimum atomic E-state index is 0.384. The van der Waals surface area contributed by atoms with Crippen molar-refractivity contribution in [3.8, 4) is 0 Å². The number of hydrogen-bond donors (Lipinski definition) is 1. The van der Waals surface area contributed by atoms with Crippen LogP contribution in [0.4, 0.5) is 0 Å². The van der Waals surface area contributed by atoms with Crippen LogP contribution in [0.2, 0.25) is 0 Å². The van der Waals surface area contributed by atoms with Crippen LogP contribution in [0.25, 0.3) is 0 Å². The maximum atomic E-state index is 5.64. The molecule has 1 saturated heterocycles. The van der Waals surface area contributed by atoms with E-state index in [-0.39, 0.29) is 0 Å². The first-order valence-corrected chi connectivity index (χ1v) is 6.81. The smallest absolute Gasteiger partial charge is 0.0547 e. The van der Waals surface area contributed by atoms with E-state index >= 15 is 0 Å². The molecule has 3 heteroatoms. The Morgan fingerprint density at radius 3 is 2.56 bits per heavy atom. The van der Waals surface area contributed by atoms with Crippen molar-refractivity contribution in [1.82, 2.24) is 10.2 Å². The second kappa shape index (κ2) is 5.48. The van der Waals surface area contributed by atoms with Crippen LogP contribution in [0.15, 0.2) is 0 Å². The summed E-state index contributed by atoms with van der Waals surface area (Å²) in [6, 6.07) is 0.814. The highest BCUT2D eigenvalue weighted by molar-refractivity contribution is 4.91. The average Bonchev–Trinajstić information content (AvgIpc) is 3.04. The highest BCUT2D eigenvalue weighted by Gasteiger charge is 2.37. The Hall–Kier alpha value is -0.120. The molecule has 1 atom stereocenters. The number of hydrogen-bond acceptors (Lipinski definition) is 3. The molecule has 1 N–H and O–H groups in total. The normalized spacial score (nSPS) is 30.2. The van der Waals surface area contributed by atoms with E-state index in [9.17, 15) is 0 Å². The van der Waals surface area contributed by atoms with Gasteiger partial charge in [-0.25, -0.2) is 0 Å². The van der Waals surface area contributed by atoms with Gasteiger partial charge in [-0.15, -0.1) is 0 Å². The molecule has 2 aliphatic rings. The lowest BCUT2D eigenvalue weighted by Crippen LogP contribution is -2.45. The van der Waals surface area contributed by atoms with E-state index < -0.39 is 0 Å². The van der Waals surface area contributed by atoms with Gasteiger partial charge in [0.25, 0.3) is 0 Å². The second-order valence-corrected chi connectivity index (χ2v) is 5.42. The molecule has 0 aromatic heterocycles. The topological polar surface area (TPSA) is 24.5 Å². The standard InChI is InChI=1S/C13H26N2O/c1-3-15(4-2)10-13(7-8-16-11-13)9-14-12-5-6-12/h12,14H,3-11H2,1-2H3. The summed E-state index contributed by atoms with van der Waals surface area (Å²) >= 11 is 0. The number of nitrogens with zero attached hydrogens (tertiary/aromatic N) is 1. The van der Waals surface area contributed by atoms with Gasteiger partial charge >= 0.3 is 0 Å². The maximum Gasteiger partial charge on any atom is 0.0547 e. The molecular formula is C13H26N2O. The van der Waals surface area contributed by atoms with Gasteiger partial charge in [-0.2, -0.15) is 0 Å². The third-order valence-corrected chi connectivity index (χ3v) is 3.98. The molecule has 0 aromatic carbocycles. The Balaban J connectivity index is 1.85. The fraction of sp³-hybridized carbons (Fsp3) is 1.00. The molecular weight excluding hydrogens is 200 g/mol. The molecule has 1 unspecified atom stereocenters. The lowest BCUT2D eigenvalue weighted by molar-refractivity contribution is 0.112. The van der Waals surface area contributed by atoms with Gasteiger partial charge < -0.3 is 15.0 Å². The van der Waals surface area contributed by atoms with Crippen LogP contribution in [0.1, 0.15) is 33.1 Å². The van der Waals surface area contributed by atoms with Gasteiger partial charge in [-0.1, -0.05) is 13.8 Å². The molecule has 1 heterocycles. The fourth-order valence-corrected chi connectivity index (χ4v) is 2.54. The first-order chi connectivity index (χ1) is 7.78. The van der Waals surface area contributed by atoms with Gasteiger partial charge in [-0.05, 0) is 32.4 Å². The van der Waals surface area contributed by atoms with Gasteiger partial charge in [0.15, 0.2) is 0 Å². The molecule has 0 radical (unpaired) electrons. The van der Waals surface area contributed by atoms with E-state index in [1.165, 1.54) is 25.8 Å². The van der Waals surface area contributed by atoms with Crippen molar-refractivity contribution in [3.05, 3.63) is 0 Å². The molecule has 2 fully saturated rings. The van der Waals surface area contributed by atoms with Crippen LogP contribution in [0, 0.1) is 5.41 Å². The Bertz CT molecular complexity index is 206. The monoisotopic (exact) mass is 226 g/mol. The Morgan fingerprint density at radius 2 is 2.06 bits per heavy atom. The summed E-state index contributed by atoms with van der Waals surface area (Å²) in [6.07, 6.45) is 3.98. The van der Waals surface area contributed by atoms with Crippen LogP contribution < -0.4 is 5.32 Å². The SMILES string of the molecule is CCN(CC)CC1(CNC2CC2)CCOC1. The van der Waals surface area contributed by atoms with Gasteiger partial charge in [-0.3, -0.25) is 0 Å². The Kier molecular flexibility index (Phi) is 4.22. The molecule has 1 saturated carbocycles.